The third kappa shape index (κ3) is 2.06. The Morgan fingerprint density at radius 1 is 1.06 bits per heavy atom. The SMILES string of the molecule is Cc1cc(O)cc(C)c1CN1C(=O)C=CC1=O. The maximum Gasteiger partial charge on any atom is 0.253 e. The van der Waals surface area contributed by atoms with Crippen molar-refractivity contribution in [3.63, 3.8) is 0 Å². The number of phenolic OH excluding ortho intramolecular Hbond substituents is 1. The van der Waals surface area contributed by atoms with E-state index in [4.69, 9.17) is 0 Å². The van der Waals surface area contributed by atoms with Crippen LogP contribution in [0.25, 0.3) is 0 Å². The highest BCUT2D eigenvalue weighted by Gasteiger charge is 2.24. The second-order valence-corrected chi connectivity index (χ2v) is 4.15. The molecule has 1 aliphatic rings. The largest absolute Gasteiger partial charge is 0.508 e. The molecule has 0 saturated carbocycles. The molecule has 1 aliphatic heterocycles. The number of phenols is 1. The number of aromatic hydroxyl groups is 1. The Morgan fingerprint density at radius 2 is 1.53 bits per heavy atom. The summed E-state index contributed by atoms with van der Waals surface area (Å²) in [4.78, 5) is 24.1. The molecular formula is C13H13NO3. The predicted octanol–water partition coefficient (Wildman–Crippen LogP) is 1.43. The van der Waals surface area contributed by atoms with E-state index in [1.807, 2.05) is 13.8 Å². The number of hydrogen-bond acceptors (Lipinski definition) is 3. The highest BCUT2D eigenvalue weighted by Crippen LogP contribution is 2.23. The molecule has 0 spiro atoms. The van der Waals surface area contributed by atoms with Crippen molar-refractivity contribution in [2.45, 2.75) is 20.4 Å². The second-order valence-electron chi connectivity index (χ2n) is 4.15. The molecule has 0 bridgehead atoms. The number of amides is 2. The number of imide groups is 1. The lowest BCUT2D eigenvalue weighted by Crippen LogP contribution is -2.29. The molecule has 1 heterocycles. The smallest absolute Gasteiger partial charge is 0.253 e. The highest BCUT2D eigenvalue weighted by atomic mass is 16.3. The number of aryl methyl sites for hydroxylation is 2. The predicted molar refractivity (Wildman–Crippen MR) is 62.3 cm³/mol. The van der Waals surface area contributed by atoms with Gasteiger partial charge in [0.2, 0.25) is 0 Å². The maximum atomic E-state index is 11.4. The van der Waals surface area contributed by atoms with Crippen LogP contribution in [0.3, 0.4) is 0 Å². The van der Waals surface area contributed by atoms with Crippen LogP contribution in [0.1, 0.15) is 16.7 Å². The first-order valence-corrected chi connectivity index (χ1v) is 5.31. The number of carbonyl (C=O) groups excluding carboxylic acids is 2. The summed E-state index contributed by atoms with van der Waals surface area (Å²) in [6, 6.07) is 3.25. The van der Waals surface area contributed by atoms with Gasteiger partial charge in [0.25, 0.3) is 11.8 Å². The number of carbonyl (C=O) groups is 2. The van der Waals surface area contributed by atoms with Crippen LogP contribution in [0, 0.1) is 13.8 Å². The summed E-state index contributed by atoms with van der Waals surface area (Å²) < 4.78 is 0. The summed E-state index contributed by atoms with van der Waals surface area (Å²) in [6.07, 6.45) is 2.54. The topological polar surface area (TPSA) is 57.6 Å². The van der Waals surface area contributed by atoms with E-state index in [1.165, 1.54) is 17.1 Å². The molecule has 17 heavy (non-hydrogen) atoms. The standard InChI is InChI=1S/C13H13NO3/c1-8-5-10(15)6-9(2)11(8)7-14-12(16)3-4-13(14)17/h3-6,15H,7H2,1-2H3. The van der Waals surface area contributed by atoms with E-state index in [0.717, 1.165) is 16.7 Å². The van der Waals surface area contributed by atoms with Gasteiger partial charge in [-0.2, -0.15) is 0 Å². The Balaban J connectivity index is 2.31. The van der Waals surface area contributed by atoms with Crippen LogP contribution in [0.5, 0.6) is 5.75 Å². The third-order valence-corrected chi connectivity index (χ3v) is 2.90. The van der Waals surface area contributed by atoms with Gasteiger partial charge >= 0.3 is 0 Å². The van der Waals surface area contributed by atoms with Crippen LogP contribution in [0.4, 0.5) is 0 Å². The minimum absolute atomic E-state index is 0.195. The van der Waals surface area contributed by atoms with Crippen molar-refractivity contribution >= 4 is 11.8 Å². The van der Waals surface area contributed by atoms with Gasteiger partial charge < -0.3 is 5.11 Å². The van der Waals surface area contributed by atoms with E-state index in [-0.39, 0.29) is 24.1 Å². The first-order chi connectivity index (χ1) is 7.99. The average Bonchev–Trinajstić information content (AvgIpc) is 2.53. The molecule has 0 saturated heterocycles. The minimum atomic E-state index is -0.290. The minimum Gasteiger partial charge on any atom is -0.508 e. The maximum absolute atomic E-state index is 11.4. The van der Waals surface area contributed by atoms with Gasteiger partial charge in [0, 0.05) is 12.2 Å². The molecule has 4 nitrogen and oxygen atoms in total. The van der Waals surface area contributed by atoms with E-state index in [0.29, 0.717) is 0 Å². The van der Waals surface area contributed by atoms with Gasteiger partial charge in [0.05, 0.1) is 6.54 Å². The van der Waals surface area contributed by atoms with E-state index < -0.39 is 0 Å². The third-order valence-electron chi connectivity index (χ3n) is 2.90. The number of rotatable bonds is 2. The van der Waals surface area contributed by atoms with Gasteiger partial charge in [0.1, 0.15) is 5.75 Å². The van der Waals surface area contributed by atoms with Gasteiger partial charge in [-0.1, -0.05) is 0 Å². The van der Waals surface area contributed by atoms with Gasteiger partial charge in [-0.25, -0.2) is 0 Å². The van der Waals surface area contributed by atoms with Gasteiger partial charge in [-0.3, -0.25) is 14.5 Å². The lowest BCUT2D eigenvalue weighted by Gasteiger charge is -2.17. The summed E-state index contributed by atoms with van der Waals surface area (Å²) in [7, 11) is 0. The van der Waals surface area contributed by atoms with Crippen LogP contribution in [-0.2, 0) is 16.1 Å². The van der Waals surface area contributed by atoms with E-state index in [2.05, 4.69) is 0 Å². The highest BCUT2D eigenvalue weighted by molar-refractivity contribution is 6.12. The Hall–Kier alpha value is -2.10. The van der Waals surface area contributed by atoms with Gasteiger partial charge in [-0.15, -0.1) is 0 Å². The summed E-state index contributed by atoms with van der Waals surface area (Å²) in [5, 5.41) is 9.42. The Labute approximate surface area is 99.2 Å². The molecule has 0 atom stereocenters. The molecule has 0 unspecified atom stereocenters. The van der Waals surface area contributed by atoms with Crippen molar-refractivity contribution in [2.24, 2.45) is 0 Å². The number of benzene rings is 1. The molecule has 88 valence electrons. The fourth-order valence-corrected chi connectivity index (χ4v) is 1.97. The molecule has 0 aliphatic carbocycles. The molecule has 4 heteroatoms. The number of hydrogen-bond donors (Lipinski definition) is 1. The van der Waals surface area contributed by atoms with Crippen molar-refractivity contribution in [3.8, 4) is 5.75 Å². The van der Waals surface area contributed by atoms with Crippen molar-refractivity contribution in [1.29, 1.82) is 0 Å². The van der Waals surface area contributed by atoms with Crippen molar-refractivity contribution in [1.82, 2.24) is 4.90 Å². The molecule has 0 fully saturated rings. The zero-order chi connectivity index (χ0) is 12.6. The molecule has 1 aromatic carbocycles. The van der Waals surface area contributed by atoms with Crippen molar-refractivity contribution in [3.05, 3.63) is 41.0 Å². The first-order valence-electron chi connectivity index (χ1n) is 5.31. The lowest BCUT2D eigenvalue weighted by molar-refractivity contribution is -0.137. The van der Waals surface area contributed by atoms with Crippen LogP contribution >= 0.6 is 0 Å². The molecule has 2 amide bonds. The Bertz CT molecular complexity index is 490. The summed E-state index contributed by atoms with van der Waals surface area (Å²) in [5.74, 6) is -0.385. The zero-order valence-electron chi connectivity index (χ0n) is 9.73. The first kappa shape index (κ1) is 11.4. The summed E-state index contributed by atoms with van der Waals surface area (Å²) in [5.41, 5.74) is 2.64. The number of nitrogens with zero attached hydrogens (tertiary/aromatic N) is 1. The fraction of sp³-hybridized carbons (Fsp3) is 0.231. The van der Waals surface area contributed by atoms with E-state index in [1.54, 1.807) is 12.1 Å². The van der Waals surface area contributed by atoms with Crippen molar-refractivity contribution < 1.29 is 14.7 Å². The summed E-state index contributed by atoms with van der Waals surface area (Å²) in [6.45, 7) is 3.95. The normalized spacial score (nSPS) is 14.8. The zero-order valence-corrected chi connectivity index (χ0v) is 9.73. The molecular weight excluding hydrogens is 218 g/mol. The molecule has 2 rings (SSSR count). The molecule has 0 radical (unpaired) electrons. The molecule has 1 N–H and O–H groups in total. The van der Waals surface area contributed by atoms with Crippen molar-refractivity contribution in [2.75, 3.05) is 0 Å². The monoisotopic (exact) mass is 231 g/mol. The Morgan fingerprint density at radius 3 is 2.00 bits per heavy atom. The fourth-order valence-electron chi connectivity index (χ4n) is 1.97. The van der Waals surface area contributed by atoms with Gasteiger partial charge in [-0.05, 0) is 42.7 Å². The summed E-state index contributed by atoms with van der Waals surface area (Å²) >= 11 is 0. The van der Waals surface area contributed by atoms with Crippen LogP contribution in [0.15, 0.2) is 24.3 Å². The molecule has 1 aromatic rings. The van der Waals surface area contributed by atoms with Crippen LogP contribution in [0.2, 0.25) is 0 Å². The van der Waals surface area contributed by atoms with E-state index >= 15 is 0 Å². The van der Waals surface area contributed by atoms with Gasteiger partial charge in [0.15, 0.2) is 0 Å². The van der Waals surface area contributed by atoms with Crippen LogP contribution in [-0.4, -0.2) is 21.8 Å². The quantitative estimate of drug-likeness (QED) is 0.783. The average molecular weight is 231 g/mol. The Kier molecular flexibility index (Phi) is 2.71. The van der Waals surface area contributed by atoms with Crippen LogP contribution < -0.4 is 0 Å². The second kappa shape index (κ2) is 4.05. The van der Waals surface area contributed by atoms with E-state index in [9.17, 15) is 14.7 Å². The lowest BCUT2D eigenvalue weighted by atomic mass is 10.0. The molecule has 0 aromatic heterocycles.